The van der Waals surface area contributed by atoms with E-state index < -0.39 is 6.03 Å². The van der Waals surface area contributed by atoms with Crippen LogP contribution in [0.25, 0.3) is 0 Å². The number of amides is 3. The van der Waals surface area contributed by atoms with E-state index in [0.29, 0.717) is 13.0 Å². The average molecular weight is 336 g/mol. The molecule has 0 saturated carbocycles. The average Bonchev–Trinajstić information content (AvgIpc) is 2.84. The van der Waals surface area contributed by atoms with E-state index in [1.54, 1.807) is 4.57 Å². The van der Waals surface area contributed by atoms with E-state index in [2.05, 4.69) is 10.3 Å². The molecule has 1 aliphatic rings. The highest BCUT2D eigenvalue weighted by Gasteiger charge is 2.41. The molecule has 3 amide bonds. The number of halogens is 1. The number of fused-ring (bicyclic) bond motifs is 1. The number of carbonyl (C=O) groups excluding carboxylic acids is 2. The van der Waals surface area contributed by atoms with Gasteiger partial charge in [0, 0.05) is 13.0 Å². The van der Waals surface area contributed by atoms with Crippen molar-refractivity contribution in [3.8, 4) is 0 Å². The maximum atomic E-state index is 12.7. The van der Waals surface area contributed by atoms with Crippen molar-refractivity contribution in [1.29, 1.82) is 0 Å². The molecule has 0 radical (unpaired) electrons. The number of aliphatic hydroxyl groups is 1. The van der Waals surface area contributed by atoms with Crippen LogP contribution in [0, 0.1) is 0 Å². The van der Waals surface area contributed by atoms with Crippen LogP contribution in [0.2, 0.25) is 5.28 Å². The number of nitrogens with one attached hydrogen (secondary N) is 2. The van der Waals surface area contributed by atoms with Crippen molar-refractivity contribution in [3.63, 3.8) is 0 Å². The molecule has 0 aliphatic carbocycles. The van der Waals surface area contributed by atoms with Crippen LogP contribution in [0.3, 0.4) is 0 Å². The van der Waals surface area contributed by atoms with Crippen LogP contribution in [0.4, 0.5) is 10.6 Å². The molecule has 0 spiro atoms. The van der Waals surface area contributed by atoms with Crippen LogP contribution < -0.4 is 10.2 Å². The summed E-state index contributed by atoms with van der Waals surface area (Å²) in [6.07, 6.45) is 0.352. The fourth-order valence-electron chi connectivity index (χ4n) is 2.57. The second-order valence-corrected chi connectivity index (χ2v) is 5.58. The van der Waals surface area contributed by atoms with Crippen LogP contribution in [-0.4, -0.2) is 39.7 Å². The van der Waals surface area contributed by atoms with E-state index in [-0.39, 0.29) is 40.8 Å². The van der Waals surface area contributed by atoms with E-state index in [0.717, 1.165) is 5.56 Å². The molecule has 1 aromatic heterocycles. The molecular formula is C15H16ClN4O3+. The van der Waals surface area contributed by atoms with Crippen molar-refractivity contribution >= 4 is 29.4 Å². The van der Waals surface area contributed by atoms with Crippen LogP contribution >= 0.6 is 11.6 Å². The molecule has 1 unspecified atom stereocenters. The second kappa shape index (κ2) is 6.49. The van der Waals surface area contributed by atoms with Gasteiger partial charge in [0.05, 0.1) is 13.1 Å². The number of rotatable bonds is 5. The topological polar surface area (TPSA) is 88.7 Å². The summed E-state index contributed by atoms with van der Waals surface area (Å²) in [5, 5.41) is 11.7. The van der Waals surface area contributed by atoms with Crippen molar-refractivity contribution < 1.29 is 19.6 Å². The van der Waals surface area contributed by atoms with E-state index in [9.17, 15) is 9.59 Å². The predicted molar refractivity (Wildman–Crippen MR) is 83.7 cm³/mol. The van der Waals surface area contributed by atoms with Gasteiger partial charge in [0.2, 0.25) is 5.28 Å². The van der Waals surface area contributed by atoms with E-state index in [1.807, 2.05) is 30.3 Å². The highest BCUT2D eigenvalue weighted by Crippen LogP contribution is 2.23. The fourth-order valence-corrected chi connectivity index (χ4v) is 2.79. The van der Waals surface area contributed by atoms with Gasteiger partial charge in [-0.1, -0.05) is 30.3 Å². The summed E-state index contributed by atoms with van der Waals surface area (Å²) >= 11 is 6.15. The van der Waals surface area contributed by atoms with E-state index in [4.69, 9.17) is 16.7 Å². The number of urea groups is 1. The number of anilines is 1. The number of quaternary nitrogens is 1. The van der Waals surface area contributed by atoms with Gasteiger partial charge >= 0.3 is 11.9 Å². The fraction of sp³-hybridized carbons (Fsp3) is 0.267. The summed E-state index contributed by atoms with van der Waals surface area (Å²) in [4.78, 5) is 28.9. The van der Waals surface area contributed by atoms with Gasteiger partial charge in [-0.2, -0.15) is 9.88 Å². The van der Waals surface area contributed by atoms with Crippen molar-refractivity contribution in [2.24, 2.45) is 0 Å². The number of aliphatic hydroxyl groups excluding tert-OH is 1. The Hall–Kier alpha value is -2.22. The first-order valence-electron chi connectivity index (χ1n) is 7.24. The normalized spacial score (nSPS) is 17.0. The van der Waals surface area contributed by atoms with Crippen molar-refractivity contribution in [2.45, 2.75) is 13.0 Å². The number of carbonyl (C=O) groups is 2. The number of aromatic nitrogens is 2. The Morgan fingerprint density at radius 3 is 2.70 bits per heavy atom. The SMILES string of the molecule is O=C1Nc2nc(Cl)n(Cc3ccccc3)c2C(=O)[NH+]1CCCO. The lowest BCUT2D eigenvalue weighted by Crippen LogP contribution is -3.18. The van der Waals surface area contributed by atoms with Gasteiger partial charge in [-0.15, -0.1) is 0 Å². The molecule has 7 nitrogen and oxygen atoms in total. The van der Waals surface area contributed by atoms with Crippen LogP contribution in [0.5, 0.6) is 0 Å². The molecule has 3 rings (SSSR count). The minimum Gasteiger partial charge on any atom is -0.396 e. The summed E-state index contributed by atoms with van der Waals surface area (Å²) in [5.41, 5.74) is 1.25. The summed E-state index contributed by atoms with van der Waals surface area (Å²) in [7, 11) is 0. The zero-order valence-electron chi connectivity index (χ0n) is 12.3. The third kappa shape index (κ3) is 2.98. The number of hydrogen-bond donors (Lipinski definition) is 3. The van der Waals surface area contributed by atoms with Gasteiger partial charge in [-0.25, -0.2) is 9.59 Å². The minimum atomic E-state index is -0.475. The Morgan fingerprint density at radius 1 is 1.26 bits per heavy atom. The maximum absolute atomic E-state index is 12.7. The first kappa shape index (κ1) is 15.7. The predicted octanol–water partition coefficient (Wildman–Crippen LogP) is 0.538. The number of nitrogens with zero attached hydrogens (tertiary/aromatic N) is 2. The molecule has 2 aromatic rings. The number of hydrogen-bond acceptors (Lipinski definition) is 4. The standard InChI is InChI=1S/C15H15ClN4O3/c16-14-17-12-11(20(14)9-10-5-2-1-3-6-10)13(22)19(7-4-8-21)15(23)18-12/h1-3,5-6,21H,4,7-9H2,(H,18,23)/p+1. The molecule has 1 aromatic carbocycles. The summed E-state index contributed by atoms with van der Waals surface area (Å²) in [5.74, 6) is -0.193. The Balaban J connectivity index is 1.96. The van der Waals surface area contributed by atoms with Crippen molar-refractivity contribution in [3.05, 3.63) is 46.9 Å². The minimum absolute atomic E-state index is 0.0824. The maximum Gasteiger partial charge on any atom is 0.428 e. The van der Waals surface area contributed by atoms with Crippen LogP contribution in [-0.2, 0) is 6.54 Å². The van der Waals surface area contributed by atoms with Crippen molar-refractivity contribution in [1.82, 2.24) is 9.55 Å². The zero-order chi connectivity index (χ0) is 16.4. The molecule has 1 aliphatic heterocycles. The van der Waals surface area contributed by atoms with Gasteiger partial charge in [0.25, 0.3) is 0 Å². The van der Waals surface area contributed by atoms with E-state index in [1.165, 1.54) is 0 Å². The summed E-state index contributed by atoms with van der Waals surface area (Å²) < 4.78 is 1.59. The van der Waals surface area contributed by atoms with Crippen molar-refractivity contribution in [2.75, 3.05) is 18.5 Å². The molecule has 1 atom stereocenters. The smallest absolute Gasteiger partial charge is 0.396 e. The van der Waals surface area contributed by atoms with Gasteiger partial charge in [-0.3, -0.25) is 5.32 Å². The molecule has 0 fully saturated rings. The largest absolute Gasteiger partial charge is 0.428 e. The molecule has 0 bridgehead atoms. The monoisotopic (exact) mass is 335 g/mol. The van der Waals surface area contributed by atoms with Gasteiger partial charge in [0.1, 0.15) is 0 Å². The number of imide groups is 1. The first-order valence-corrected chi connectivity index (χ1v) is 7.62. The molecule has 120 valence electrons. The Labute approximate surface area is 137 Å². The zero-order valence-corrected chi connectivity index (χ0v) is 13.0. The van der Waals surface area contributed by atoms with Crippen LogP contribution in [0.1, 0.15) is 22.5 Å². The van der Waals surface area contributed by atoms with Gasteiger partial charge in [-0.05, 0) is 17.2 Å². The Kier molecular flexibility index (Phi) is 4.42. The first-order chi connectivity index (χ1) is 11.1. The van der Waals surface area contributed by atoms with Gasteiger partial charge in [0.15, 0.2) is 11.5 Å². The van der Waals surface area contributed by atoms with Gasteiger partial charge < -0.3 is 9.67 Å². The van der Waals surface area contributed by atoms with Crippen LogP contribution in [0.15, 0.2) is 30.3 Å². The third-order valence-corrected chi connectivity index (χ3v) is 3.97. The molecule has 23 heavy (non-hydrogen) atoms. The Morgan fingerprint density at radius 2 is 2.00 bits per heavy atom. The Bertz CT molecular complexity index is 745. The molecular weight excluding hydrogens is 320 g/mol. The molecule has 8 heteroatoms. The third-order valence-electron chi connectivity index (χ3n) is 3.68. The lowest BCUT2D eigenvalue weighted by molar-refractivity contribution is -0.723. The lowest BCUT2D eigenvalue weighted by Gasteiger charge is -2.20. The second-order valence-electron chi connectivity index (χ2n) is 5.24. The molecule has 0 saturated heterocycles. The number of imidazole rings is 1. The quantitative estimate of drug-likeness (QED) is 0.744. The molecule has 2 heterocycles. The summed E-state index contributed by atoms with van der Waals surface area (Å²) in [6, 6.07) is 9.07. The number of benzene rings is 1. The highest BCUT2D eigenvalue weighted by atomic mass is 35.5. The lowest BCUT2D eigenvalue weighted by atomic mass is 10.2. The molecule has 3 N–H and O–H groups in total. The van der Waals surface area contributed by atoms with E-state index >= 15 is 0 Å². The summed E-state index contributed by atoms with van der Waals surface area (Å²) in [6.45, 7) is 0.520. The highest BCUT2D eigenvalue weighted by molar-refractivity contribution is 6.29.